The van der Waals surface area contributed by atoms with Crippen molar-refractivity contribution in [1.82, 2.24) is 15.5 Å². The van der Waals surface area contributed by atoms with Crippen LogP contribution in [0.2, 0.25) is 0 Å². The Hall–Kier alpha value is -3.48. The second-order valence-electron chi connectivity index (χ2n) is 7.86. The molecule has 1 atom stereocenters. The second kappa shape index (κ2) is 12.8. The van der Waals surface area contributed by atoms with E-state index < -0.39 is 29.7 Å². The van der Waals surface area contributed by atoms with Gasteiger partial charge in [0.15, 0.2) is 0 Å². The summed E-state index contributed by atoms with van der Waals surface area (Å²) in [6.07, 6.45) is 2.01. The van der Waals surface area contributed by atoms with Gasteiger partial charge in [-0.1, -0.05) is 6.07 Å². The van der Waals surface area contributed by atoms with E-state index in [2.05, 4.69) is 10.6 Å². The Bertz CT molecular complexity index is 981. The van der Waals surface area contributed by atoms with Crippen LogP contribution in [-0.2, 0) is 19.1 Å². The molecule has 2 heterocycles. The highest BCUT2D eigenvalue weighted by Gasteiger charge is 2.45. The molecule has 12 heteroatoms. The SMILES string of the molecule is N/C=C(/CCOc1cccc2c1C(=O)N(C1CCC(=O)NC1=O)C2=O)NCCOCCOCCN. The molecule has 2 aliphatic heterocycles. The molecule has 1 saturated heterocycles. The largest absolute Gasteiger partial charge is 0.492 e. The number of amides is 4. The predicted molar refractivity (Wildman–Crippen MR) is 124 cm³/mol. The number of nitrogens with one attached hydrogen (secondary N) is 2. The van der Waals surface area contributed by atoms with Gasteiger partial charge in [-0.2, -0.15) is 0 Å². The lowest BCUT2D eigenvalue weighted by Crippen LogP contribution is -2.54. The van der Waals surface area contributed by atoms with E-state index in [1.54, 1.807) is 12.1 Å². The van der Waals surface area contributed by atoms with Crippen molar-refractivity contribution in [2.24, 2.45) is 11.5 Å². The van der Waals surface area contributed by atoms with Crippen LogP contribution in [0, 0.1) is 0 Å². The number of carbonyl (C=O) groups excluding carboxylic acids is 4. The van der Waals surface area contributed by atoms with Crippen molar-refractivity contribution in [2.45, 2.75) is 25.3 Å². The maximum Gasteiger partial charge on any atom is 0.266 e. The molecule has 0 aliphatic carbocycles. The highest BCUT2D eigenvalue weighted by molar-refractivity contribution is 6.24. The van der Waals surface area contributed by atoms with Gasteiger partial charge >= 0.3 is 0 Å². The number of benzene rings is 1. The summed E-state index contributed by atoms with van der Waals surface area (Å²) < 4.78 is 16.5. The van der Waals surface area contributed by atoms with Crippen molar-refractivity contribution >= 4 is 23.6 Å². The number of fused-ring (bicyclic) bond motifs is 1. The van der Waals surface area contributed by atoms with Gasteiger partial charge in [0, 0.05) is 37.8 Å². The molecule has 190 valence electrons. The lowest BCUT2D eigenvalue weighted by molar-refractivity contribution is -0.136. The zero-order valence-corrected chi connectivity index (χ0v) is 19.4. The van der Waals surface area contributed by atoms with Crippen LogP contribution in [-0.4, -0.2) is 80.7 Å². The number of nitrogens with zero attached hydrogens (tertiary/aromatic N) is 1. The van der Waals surface area contributed by atoms with Crippen molar-refractivity contribution in [2.75, 3.05) is 46.1 Å². The van der Waals surface area contributed by atoms with E-state index in [4.69, 9.17) is 25.7 Å². The highest BCUT2D eigenvalue weighted by Crippen LogP contribution is 2.33. The van der Waals surface area contributed by atoms with Gasteiger partial charge in [-0.15, -0.1) is 0 Å². The third-order valence-electron chi connectivity index (χ3n) is 5.49. The lowest BCUT2D eigenvalue weighted by Gasteiger charge is -2.27. The summed E-state index contributed by atoms with van der Waals surface area (Å²) in [6.45, 7) is 3.11. The number of ether oxygens (including phenoxy) is 3. The Morgan fingerprint density at radius 3 is 2.57 bits per heavy atom. The fourth-order valence-corrected chi connectivity index (χ4v) is 3.79. The van der Waals surface area contributed by atoms with Crippen molar-refractivity contribution in [1.29, 1.82) is 0 Å². The molecule has 2 aliphatic rings. The zero-order valence-electron chi connectivity index (χ0n) is 19.4. The summed E-state index contributed by atoms with van der Waals surface area (Å²) in [4.78, 5) is 50.5. The lowest BCUT2D eigenvalue weighted by atomic mass is 10.0. The van der Waals surface area contributed by atoms with Crippen LogP contribution in [0.25, 0.3) is 0 Å². The molecule has 1 fully saturated rings. The summed E-state index contributed by atoms with van der Waals surface area (Å²) in [5, 5.41) is 5.33. The average Bonchev–Trinajstić information content (AvgIpc) is 3.10. The Kier molecular flexibility index (Phi) is 9.58. The van der Waals surface area contributed by atoms with E-state index >= 15 is 0 Å². The molecule has 3 rings (SSSR count). The van der Waals surface area contributed by atoms with Gasteiger partial charge in [0.1, 0.15) is 11.8 Å². The van der Waals surface area contributed by atoms with E-state index in [1.165, 1.54) is 12.3 Å². The monoisotopic (exact) mass is 489 g/mol. The summed E-state index contributed by atoms with van der Waals surface area (Å²) >= 11 is 0. The number of imide groups is 2. The number of rotatable bonds is 14. The summed E-state index contributed by atoms with van der Waals surface area (Å²) in [5.41, 5.74) is 12.0. The minimum Gasteiger partial charge on any atom is -0.492 e. The Morgan fingerprint density at radius 2 is 1.86 bits per heavy atom. The average molecular weight is 490 g/mol. The van der Waals surface area contributed by atoms with Crippen LogP contribution in [0.1, 0.15) is 40.0 Å². The van der Waals surface area contributed by atoms with Crippen LogP contribution < -0.4 is 26.8 Å². The number of hydrogen-bond donors (Lipinski definition) is 4. The van der Waals surface area contributed by atoms with Gasteiger partial charge in [-0.05, 0) is 18.6 Å². The van der Waals surface area contributed by atoms with E-state index in [-0.39, 0.29) is 36.3 Å². The molecule has 1 aromatic carbocycles. The van der Waals surface area contributed by atoms with Crippen LogP contribution in [0.3, 0.4) is 0 Å². The predicted octanol–water partition coefficient (Wildman–Crippen LogP) is -0.762. The fourth-order valence-electron chi connectivity index (χ4n) is 3.79. The maximum absolute atomic E-state index is 13.1. The first-order valence-corrected chi connectivity index (χ1v) is 11.5. The highest BCUT2D eigenvalue weighted by atomic mass is 16.5. The fraction of sp³-hybridized carbons (Fsp3) is 0.478. The number of hydrogen-bond acceptors (Lipinski definition) is 10. The summed E-state index contributed by atoms with van der Waals surface area (Å²) in [7, 11) is 0. The van der Waals surface area contributed by atoms with Crippen LogP contribution in [0.5, 0.6) is 5.75 Å². The molecule has 0 radical (unpaired) electrons. The molecule has 1 aromatic rings. The third kappa shape index (κ3) is 6.56. The third-order valence-corrected chi connectivity index (χ3v) is 5.49. The normalized spacial score (nSPS) is 18.0. The molecule has 0 spiro atoms. The molecule has 6 N–H and O–H groups in total. The van der Waals surface area contributed by atoms with Gasteiger partial charge < -0.3 is 31.0 Å². The van der Waals surface area contributed by atoms with Gasteiger partial charge in [0.05, 0.1) is 44.2 Å². The Balaban J connectivity index is 1.51. The van der Waals surface area contributed by atoms with E-state index in [0.717, 1.165) is 10.6 Å². The molecule has 0 saturated carbocycles. The molecular formula is C23H31N5O7. The number of piperidine rings is 1. The van der Waals surface area contributed by atoms with Crippen molar-refractivity contribution in [3.8, 4) is 5.75 Å². The van der Waals surface area contributed by atoms with Crippen molar-refractivity contribution in [3.63, 3.8) is 0 Å². The smallest absolute Gasteiger partial charge is 0.266 e. The van der Waals surface area contributed by atoms with Gasteiger partial charge in [-0.3, -0.25) is 29.4 Å². The topological polar surface area (TPSA) is 175 Å². The molecule has 1 unspecified atom stereocenters. The Labute approximate surface area is 202 Å². The zero-order chi connectivity index (χ0) is 25.2. The molecule has 0 bridgehead atoms. The first kappa shape index (κ1) is 26.1. The van der Waals surface area contributed by atoms with Crippen LogP contribution in [0.15, 0.2) is 30.1 Å². The minimum atomic E-state index is -1.03. The molecule has 35 heavy (non-hydrogen) atoms. The standard InChI is InChI=1S/C23H31N5O7/c24-7-10-33-12-13-34-11-8-26-15(14-25)6-9-35-18-3-1-2-16-20(18)23(32)28(22(16)31)17-4-5-19(29)27-21(17)30/h1-3,14,17,26H,4-13,24-25H2,(H,27,29,30)/b15-14-. The Morgan fingerprint density at radius 1 is 1.09 bits per heavy atom. The molecular weight excluding hydrogens is 458 g/mol. The van der Waals surface area contributed by atoms with E-state index in [9.17, 15) is 19.2 Å². The summed E-state index contributed by atoms with van der Waals surface area (Å²) in [6, 6.07) is 3.69. The molecule has 4 amide bonds. The molecule has 0 aromatic heterocycles. The van der Waals surface area contributed by atoms with Crippen LogP contribution >= 0.6 is 0 Å². The van der Waals surface area contributed by atoms with E-state index in [0.29, 0.717) is 45.9 Å². The second-order valence-corrected chi connectivity index (χ2v) is 7.86. The van der Waals surface area contributed by atoms with Gasteiger partial charge in [0.2, 0.25) is 11.8 Å². The van der Waals surface area contributed by atoms with Crippen LogP contribution in [0.4, 0.5) is 0 Å². The quantitative estimate of drug-likeness (QED) is 0.192. The maximum atomic E-state index is 13.1. The minimum absolute atomic E-state index is 0.0570. The van der Waals surface area contributed by atoms with E-state index in [1.807, 2.05) is 0 Å². The van der Waals surface area contributed by atoms with Crippen molar-refractivity contribution in [3.05, 3.63) is 41.2 Å². The number of carbonyl (C=O) groups is 4. The van der Waals surface area contributed by atoms with Gasteiger partial charge in [-0.25, -0.2) is 0 Å². The first-order chi connectivity index (χ1) is 17.0. The first-order valence-electron chi connectivity index (χ1n) is 11.5. The van der Waals surface area contributed by atoms with Gasteiger partial charge in [0.25, 0.3) is 11.8 Å². The van der Waals surface area contributed by atoms with Crippen molar-refractivity contribution < 1.29 is 33.4 Å². The number of nitrogens with two attached hydrogens (primary N) is 2. The molecule has 12 nitrogen and oxygen atoms in total. The summed E-state index contributed by atoms with van der Waals surface area (Å²) in [5.74, 6) is -2.03.